The molecule has 3 aromatic heterocycles. The molecule has 1 fully saturated rings. The highest BCUT2D eigenvalue weighted by Gasteiger charge is 2.18. The van der Waals surface area contributed by atoms with E-state index in [9.17, 15) is 0 Å². The number of aromatic nitrogens is 4. The maximum absolute atomic E-state index is 15.2. The summed E-state index contributed by atoms with van der Waals surface area (Å²) < 4.78 is 22.1. The number of fused-ring (bicyclic) bond motifs is 2. The van der Waals surface area contributed by atoms with E-state index in [4.69, 9.17) is 4.74 Å². The van der Waals surface area contributed by atoms with Crippen molar-refractivity contribution < 1.29 is 9.13 Å². The summed E-state index contributed by atoms with van der Waals surface area (Å²) in [5.74, 6) is 0.0555. The van der Waals surface area contributed by atoms with Gasteiger partial charge in [0.05, 0.1) is 29.9 Å². The molecule has 1 aromatic carbocycles. The lowest BCUT2D eigenvalue weighted by atomic mass is 9.93. The molecule has 5 rings (SSSR count). The minimum atomic E-state index is -0.328. The van der Waals surface area contributed by atoms with E-state index in [2.05, 4.69) is 25.7 Å². The number of benzene rings is 1. The number of halogens is 1. The van der Waals surface area contributed by atoms with Gasteiger partial charge in [-0.05, 0) is 57.1 Å². The van der Waals surface area contributed by atoms with Crippen LogP contribution in [-0.4, -0.2) is 52.9 Å². The molecule has 0 atom stereocenters. The van der Waals surface area contributed by atoms with Gasteiger partial charge in [0.15, 0.2) is 5.65 Å². The quantitative estimate of drug-likeness (QED) is 0.448. The largest absolute Gasteiger partial charge is 0.383 e. The third kappa shape index (κ3) is 4.03. The Bertz CT molecular complexity index is 1260. The fraction of sp³-hybridized carbons (Fsp3) is 0.375. The zero-order chi connectivity index (χ0) is 22.1. The summed E-state index contributed by atoms with van der Waals surface area (Å²) in [6.45, 7) is 5.09. The Kier molecular flexibility index (Phi) is 5.71. The number of nitrogens with one attached hydrogen (secondary N) is 2. The summed E-state index contributed by atoms with van der Waals surface area (Å²) in [6.07, 6.45) is 3.93. The summed E-state index contributed by atoms with van der Waals surface area (Å²) in [7, 11) is 1.66. The van der Waals surface area contributed by atoms with Gasteiger partial charge in [-0.15, -0.1) is 0 Å². The first-order valence-corrected chi connectivity index (χ1v) is 11.0. The minimum absolute atomic E-state index is 0.328. The van der Waals surface area contributed by atoms with Gasteiger partial charge in [-0.2, -0.15) is 5.10 Å². The molecule has 0 spiro atoms. The second-order valence-corrected chi connectivity index (χ2v) is 8.30. The van der Waals surface area contributed by atoms with Gasteiger partial charge in [0.2, 0.25) is 0 Å². The van der Waals surface area contributed by atoms with Crippen molar-refractivity contribution in [2.45, 2.75) is 25.7 Å². The van der Waals surface area contributed by atoms with Crippen molar-refractivity contribution in [1.29, 1.82) is 0 Å². The van der Waals surface area contributed by atoms with E-state index in [0.29, 0.717) is 35.8 Å². The third-order valence-corrected chi connectivity index (χ3v) is 5.99. The monoisotopic (exact) mass is 434 g/mol. The smallest absolute Gasteiger partial charge is 0.177 e. The Balaban J connectivity index is 1.55. The number of piperidine rings is 1. The predicted octanol–water partition coefficient (Wildman–Crippen LogP) is 3.92. The van der Waals surface area contributed by atoms with Gasteiger partial charge in [0, 0.05) is 36.2 Å². The predicted molar refractivity (Wildman–Crippen MR) is 124 cm³/mol. The van der Waals surface area contributed by atoms with Crippen LogP contribution in [0.1, 0.15) is 30.1 Å². The minimum Gasteiger partial charge on any atom is -0.383 e. The topological polar surface area (TPSA) is 76.4 Å². The van der Waals surface area contributed by atoms with Crippen molar-refractivity contribution in [3.63, 3.8) is 0 Å². The van der Waals surface area contributed by atoms with Gasteiger partial charge in [-0.1, -0.05) is 6.07 Å². The fourth-order valence-electron chi connectivity index (χ4n) is 4.35. The van der Waals surface area contributed by atoms with Crippen LogP contribution in [0.3, 0.4) is 0 Å². The summed E-state index contributed by atoms with van der Waals surface area (Å²) >= 11 is 0. The van der Waals surface area contributed by atoms with Crippen molar-refractivity contribution in [3.05, 3.63) is 53.7 Å². The lowest BCUT2D eigenvalue weighted by Crippen LogP contribution is -2.27. The van der Waals surface area contributed by atoms with E-state index in [1.165, 1.54) is 6.07 Å². The SMILES string of the molecule is COCCNc1cc(-c2cc(F)c3nc(C4CCNCC4)ccc3c2)nn2cc(C)nc12. The van der Waals surface area contributed by atoms with Crippen LogP contribution < -0.4 is 10.6 Å². The number of ether oxygens (including phenoxy) is 1. The molecular formula is C24H27FN6O. The molecule has 4 aromatic rings. The number of aryl methyl sites for hydroxylation is 1. The average molecular weight is 435 g/mol. The first kappa shape index (κ1) is 20.8. The summed E-state index contributed by atoms with van der Waals surface area (Å²) in [5, 5.41) is 12.2. The van der Waals surface area contributed by atoms with E-state index in [-0.39, 0.29) is 5.82 Å². The van der Waals surface area contributed by atoms with E-state index >= 15 is 4.39 Å². The van der Waals surface area contributed by atoms with Gasteiger partial charge in [0.1, 0.15) is 11.3 Å². The maximum Gasteiger partial charge on any atom is 0.177 e. The Labute approximate surface area is 186 Å². The summed E-state index contributed by atoms with van der Waals surface area (Å²) in [5.41, 5.74) is 5.19. The van der Waals surface area contributed by atoms with Crippen LogP contribution in [0.2, 0.25) is 0 Å². The first-order valence-electron chi connectivity index (χ1n) is 11.0. The highest BCUT2D eigenvalue weighted by molar-refractivity contribution is 5.85. The van der Waals surface area contributed by atoms with Crippen LogP contribution in [0, 0.1) is 12.7 Å². The van der Waals surface area contributed by atoms with Gasteiger partial charge >= 0.3 is 0 Å². The molecule has 4 heterocycles. The number of nitrogens with zero attached hydrogens (tertiary/aromatic N) is 4. The number of anilines is 1. The standard InChI is InChI=1S/C24H27FN6O/c1-15-14-31-24(28-15)22(27-9-10-32-2)13-21(30-31)18-11-17-3-4-20(16-5-7-26-8-6-16)29-23(17)19(25)12-18/h3-4,11-14,16,26-27H,5-10H2,1-2H3. The molecule has 8 heteroatoms. The number of hydrogen-bond acceptors (Lipinski definition) is 6. The molecule has 1 aliphatic heterocycles. The van der Waals surface area contributed by atoms with Crippen LogP contribution in [0.5, 0.6) is 0 Å². The Morgan fingerprint density at radius 2 is 2.03 bits per heavy atom. The van der Waals surface area contributed by atoms with Crippen molar-refractivity contribution in [1.82, 2.24) is 24.9 Å². The van der Waals surface area contributed by atoms with Crippen LogP contribution in [0.15, 0.2) is 36.5 Å². The van der Waals surface area contributed by atoms with Gasteiger partial charge in [0.25, 0.3) is 0 Å². The number of hydrogen-bond donors (Lipinski definition) is 2. The maximum atomic E-state index is 15.2. The zero-order valence-corrected chi connectivity index (χ0v) is 18.4. The van der Waals surface area contributed by atoms with Gasteiger partial charge in [-0.3, -0.25) is 0 Å². The lowest BCUT2D eigenvalue weighted by molar-refractivity contribution is 0.211. The van der Waals surface area contributed by atoms with Crippen molar-refractivity contribution in [2.75, 3.05) is 38.7 Å². The highest BCUT2D eigenvalue weighted by atomic mass is 19.1. The molecule has 0 aliphatic carbocycles. The molecule has 2 N–H and O–H groups in total. The fourth-order valence-corrected chi connectivity index (χ4v) is 4.35. The molecule has 0 unspecified atom stereocenters. The normalized spacial score (nSPS) is 15.0. The van der Waals surface area contributed by atoms with Crippen molar-refractivity contribution in [2.24, 2.45) is 0 Å². The number of methoxy groups -OCH3 is 1. The lowest BCUT2D eigenvalue weighted by Gasteiger charge is -2.22. The van der Waals surface area contributed by atoms with E-state index in [0.717, 1.165) is 54.0 Å². The Morgan fingerprint density at radius 1 is 1.19 bits per heavy atom. The number of pyridine rings is 1. The first-order chi connectivity index (χ1) is 15.6. The Hall–Kier alpha value is -3.10. The van der Waals surface area contributed by atoms with Crippen LogP contribution in [0.4, 0.5) is 10.1 Å². The summed E-state index contributed by atoms with van der Waals surface area (Å²) in [6, 6.07) is 9.40. The molecule has 0 radical (unpaired) electrons. The van der Waals surface area contributed by atoms with Crippen LogP contribution in [0.25, 0.3) is 27.8 Å². The zero-order valence-electron chi connectivity index (χ0n) is 18.4. The molecule has 166 valence electrons. The average Bonchev–Trinajstić information content (AvgIpc) is 3.20. The Morgan fingerprint density at radius 3 is 2.84 bits per heavy atom. The molecule has 0 amide bonds. The van der Waals surface area contributed by atoms with E-state index in [1.807, 2.05) is 37.4 Å². The molecular weight excluding hydrogens is 407 g/mol. The van der Waals surface area contributed by atoms with Crippen molar-refractivity contribution >= 4 is 22.2 Å². The second-order valence-electron chi connectivity index (χ2n) is 8.30. The number of imidazole rings is 1. The van der Waals surface area contributed by atoms with E-state index in [1.54, 1.807) is 11.6 Å². The molecule has 32 heavy (non-hydrogen) atoms. The third-order valence-electron chi connectivity index (χ3n) is 5.99. The molecule has 1 aliphatic rings. The van der Waals surface area contributed by atoms with Gasteiger partial charge in [-0.25, -0.2) is 18.9 Å². The molecule has 0 saturated carbocycles. The highest BCUT2D eigenvalue weighted by Crippen LogP contribution is 2.30. The van der Waals surface area contributed by atoms with Crippen molar-refractivity contribution in [3.8, 4) is 11.3 Å². The van der Waals surface area contributed by atoms with Gasteiger partial charge < -0.3 is 15.4 Å². The number of rotatable bonds is 6. The van der Waals surface area contributed by atoms with Crippen LogP contribution in [-0.2, 0) is 4.74 Å². The molecule has 7 nitrogen and oxygen atoms in total. The van der Waals surface area contributed by atoms with E-state index < -0.39 is 0 Å². The summed E-state index contributed by atoms with van der Waals surface area (Å²) in [4.78, 5) is 9.25. The second kappa shape index (κ2) is 8.80. The molecule has 1 saturated heterocycles. The van der Waals surface area contributed by atoms with Crippen LogP contribution >= 0.6 is 0 Å². The molecule has 0 bridgehead atoms.